The van der Waals surface area contributed by atoms with Gasteiger partial charge in [0.2, 0.25) is 0 Å². The second kappa shape index (κ2) is 5.73. The molecule has 1 aliphatic heterocycles. The van der Waals surface area contributed by atoms with Gasteiger partial charge in [-0.3, -0.25) is 4.99 Å². The average Bonchev–Trinajstić information content (AvgIpc) is 2.84. The molecule has 0 aliphatic carbocycles. The number of hydrogen-bond donors (Lipinski definition) is 1. The third-order valence-electron chi connectivity index (χ3n) is 2.46. The lowest BCUT2D eigenvalue weighted by atomic mass is 10.1. The fourth-order valence-electron chi connectivity index (χ4n) is 1.78. The third kappa shape index (κ3) is 3.52. The maximum absolute atomic E-state index is 4.60. The Morgan fingerprint density at radius 2 is 2.44 bits per heavy atom. The van der Waals surface area contributed by atoms with Crippen LogP contribution in [0.5, 0.6) is 0 Å². The van der Waals surface area contributed by atoms with E-state index >= 15 is 0 Å². The molecule has 1 unspecified atom stereocenters. The monoisotopic (exact) mass is 254 g/mol. The molecule has 1 N–H and O–H groups in total. The van der Waals surface area contributed by atoms with E-state index in [1.165, 1.54) is 17.1 Å². The molecule has 1 saturated heterocycles. The summed E-state index contributed by atoms with van der Waals surface area (Å²) < 4.78 is 0. The topological polar surface area (TPSA) is 24.4 Å². The van der Waals surface area contributed by atoms with E-state index in [0.29, 0.717) is 6.04 Å². The summed E-state index contributed by atoms with van der Waals surface area (Å²) in [4.78, 5) is 5.94. The van der Waals surface area contributed by atoms with E-state index in [1.54, 1.807) is 11.3 Å². The Labute approximate surface area is 106 Å². The van der Waals surface area contributed by atoms with E-state index in [0.717, 1.165) is 17.6 Å². The lowest BCUT2D eigenvalue weighted by Crippen LogP contribution is -2.28. The molecule has 0 bridgehead atoms. The molecule has 0 amide bonds. The summed E-state index contributed by atoms with van der Waals surface area (Å²) in [6, 6.07) is 4.84. The summed E-state index contributed by atoms with van der Waals surface area (Å²) in [5.41, 5.74) is 0. The van der Waals surface area contributed by atoms with Gasteiger partial charge in [-0.2, -0.15) is 0 Å². The molecule has 1 atom stereocenters. The van der Waals surface area contributed by atoms with E-state index in [9.17, 15) is 0 Å². The number of nitrogens with zero attached hydrogens (tertiary/aromatic N) is 1. The van der Waals surface area contributed by atoms with Gasteiger partial charge in [0.25, 0.3) is 0 Å². The summed E-state index contributed by atoms with van der Waals surface area (Å²) in [5, 5.41) is 6.73. The Morgan fingerprint density at radius 3 is 3.12 bits per heavy atom. The predicted molar refractivity (Wildman–Crippen MR) is 74.3 cm³/mol. The van der Waals surface area contributed by atoms with Crippen LogP contribution < -0.4 is 5.32 Å². The summed E-state index contributed by atoms with van der Waals surface area (Å²) in [7, 11) is 0. The van der Waals surface area contributed by atoms with Crippen molar-refractivity contribution in [1.29, 1.82) is 0 Å². The second-order valence-electron chi connectivity index (χ2n) is 4.48. The van der Waals surface area contributed by atoms with Gasteiger partial charge < -0.3 is 5.32 Å². The molecule has 2 nitrogen and oxygen atoms in total. The summed E-state index contributed by atoms with van der Waals surface area (Å²) >= 11 is 3.63. The zero-order chi connectivity index (χ0) is 11.4. The van der Waals surface area contributed by atoms with E-state index in [1.807, 2.05) is 11.8 Å². The highest BCUT2D eigenvalue weighted by Gasteiger charge is 2.20. The van der Waals surface area contributed by atoms with Crippen LogP contribution in [0, 0.1) is 5.92 Å². The Hall–Kier alpha value is -0.480. The maximum atomic E-state index is 4.60. The average molecular weight is 254 g/mol. The Morgan fingerprint density at radius 1 is 1.56 bits per heavy atom. The maximum Gasteiger partial charge on any atom is 0.157 e. The lowest BCUT2D eigenvalue weighted by molar-refractivity contribution is 0.502. The molecule has 16 heavy (non-hydrogen) atoms. The lowest BCUT2D eigenvalue weighted by Gasteiger charge is -2.11. The van der Waals surface area contributed by atoms with Gasteiger partial charge in [0, 0.05) is 16.7 Å². The summed E-state index contributed by atoms with van der Waals surface area (Å²) in [5.74, 6) is 1.93. The zero-order valence-electron chi connectivity index (χ0n) is 9.77. The minimum atomic E-state index is 0.618. The van der Waals surface area contributed by atoms with Gasteiger partial charge in [0.15, 0.2) is 5.17 Å². The van der Waals surface area contributed by atoms with Crippen LogP contribution in [0.25, 0.3) is 0 Å². The van der Waals surface area contributed by atoms with Gasteiger partial charge in [0.1, 0.15) is 0 Å². The minimum Gasteiger partial charge on any atom is -0.361 e. The molecule has 0 radical (unpaired) electrons. The van der Waals surface area contributed by atoms with Crippen LogP contribution in [0.15, 0.2) is 22.5 Å². The number of amidine groups is 1. The molecule has 2 heterocycles. The molecule has 1 aromatic rings. The van der Waals surface area contributed by atoms with Crippen LogP contribution in [-0.4, -0.2) is 17.0 Å². The van der Waals surface area contributed by atoms with E-state index in [-0.39, 0.29) is 0 Å². The highest BCUT2D eigenvalue weighted by atomic mass is 32.2. The highest BCUT2D eigenvalue weighted by molar-refractivity contribution is 8.14. The normalized spacial score (nSPS) is 22.9. The molecule has 2 rings (SSSR count). The first kappa shape index (κ1) is 12.0. The SMILES string of the molecule is CC(C)CC1CSC(=NCc2cccs2)N1. The van der Waals surface area contributed by atoms with Crippen LogP contribution in [0.4, 0.5) is 0 Å². The quantitative estimate of drug-likeness (QED) is 0.891. The molecule has 1 aromatic heterocycles. The smallest absolute Gasteiger partial charge is 0.157 e. The van der Waals surface area contributed by atoms with Crippen molar-refractivity contribution in [3.63, 3.8) is 0 Å². The highest BCUT2D eigenvalue weighted by Crippen LogP contribution is 2.20. The first-order valence-electron chi connectivity index (χ1n) is 5.70. The largest absolute Gasteiger partial charge is 0.361 e. The molecule has 88 valence electrons. The summed E-state index contributed by atoms with van der Waals surface area (Å²) in [6.45, 7) is 5.36. The Bertz CT molecular complexity index is 344. The Balaban J connectivity index is 1.81. The van der Waals surface area contributed by atoms with Crippen LogP contribution in [0.2, 0.25) is 0 Å². The molecular formula is C12H18N2S2. The van der Waals surface area contributed by atoms with Gasteiger partial charge in [-0.05, 0) is 23.8 Å². The van der Waals surface area contributed by atoms with Crippen LogP contribution in [-0.2, 0) is 6.54 Å². The van der Waals surface area contributed by atoms with Gasteiger partial charge >= 0.3 is 0 Å². The van der Waals surface area contributed by atoms with Crippen LogP contribution in [0.3, 0.4) is 0 Å². The van der Waals surface area contributed by atoms with Gasteiger partial charge in [-0.25, -0.2) is 0 Å². The molecule has 0 saturated carbocycles. The van der Waals surface area contributed by atoms with Gasteiger partial charge in [0.05, 0.1) is 6.54 Å². The van der Waals surface area contributed by atoms with Gasteiger partial charge in [-0.1, -0.05) is 31.7 Å². The van der Waals surface area contributed by atoms with Crippen LogP contribution >= 0.6 is 23.1 Å². The zero-order valence-corrected chi connectivity index (χ0v) is 11.4. The van der Waals surface area contributed by atoms with Crippen molar-refractivity contribution >= 4 is 28.3 Å². The number of aliphatic imine (C=N–C) groups is 1. The van der Waals surface area contributed by atoms with Crippen molar-refractivity contribution < 1.29 is 0 Å². The first-order valence-corrected chi connectivity index (χ1v) is 7.56. The molecular weight excluding hydrogens is 236 g/mol. The van der Waals surface area contributed by atoms with Gasteiger partial charge in [-0.15, -0.1) is 11.3 Å². The number of hydrogen-bond acceptors (Lipinski definition) is 3. The number of thiophene rings is 1. The van der Waals surface area contributed by atoms with Crippen molar-refractivity contribution in [1.82, 2.24) is 5.32 Å². The standard InChI is InChI=1S/C12H18N2S2/c1-9(2)6-10-8-16-12(14-10)13-7-11-4-3-5-15-11/h3-5,9-10H,6-8H2,1-2H3,(H,13,14). The number of thioether (sulfide) groups is 1. The third-order valence-corrected chi connectivity index (χ3v) is 4.41. The molecule has 1 fully saturated rings. The van der Waals surface area contributed by atoms with Crippen molar-refractivity contribution in [2.45, 2.75) is 32.9 Å². The molecule has 4 heteroatoms. The minimum absolute atomic E-state index is 0.618. The van der Waals surface area contributed by atoms with E-state index < -0.39 is 0 Å². The molecule has 1 aliphatic rings. The van der Waals surface area contributed by atoms with Crippen molar-refractivity contribution in [3.8, 4) is 0 Å². The van der Waals surface area contributed by atoms with E-state index in [4.69, 9.17) is 0 Å². The first-order chi connectivity index (χ1) is 7.74. The fraction of sp³-hybridized carbons (Fsp3) is 0.583. The molecule has 0 spiro atoms. The number of nitrogens with one attached hydrogen (secondary N) is 1. The molecule has 0 aromatic carbocycles. The van der Waals surface area contributed by atoms with E-state index in [2.05, 4.69) is 41.7 Å². The number of rotatable bonds is 4. The van der Waals surface area contributed by atoms with Crippen molar-refractivity contribution in [2.75, 3.05) is 5.75 Å². The van der Waals surface area contributed by atoms with Crippen LogP contribution in [0.1, 0.15) is 25.1 Å². The second-order valence-corrected chi connectivity index (χ2v) is 6.52. The summed E-state index contributed by atoms with van der Waals surface area (Å²) in [6.07, 6.45) is 1.24. The predicted octanol–water partition coefficient (Wildman–Crippen LogP) is 3.36. The van der Waals surface area contributed by atoms with Crippen molar-refractivity contribution in [3.05, 3.63) is 22.4 Å². The Kier molecular flexibility index (Phi) is 4.29. The van der Waals surface area contributed by atoms with Crippen molar-refractivity contribution in [2.24, 2.45) is 10.9 Å². The fourth-order valence-corrected chi connectivity index (χ4v) is 3.39.